The van der Waals surface area contributed by atoms with E-state index < -0.39 is 0 Å². The lowest BCUT2D eigenvalue weighted by Gasteiger charge is -2.08. The van der Waals surface area contributed by atoms with Gasteiger partial charge in [0.15, 0.2) is 5.78 Å². The molecule has 1 aliphatic rings. The quantitative estimate of drug-likeness (QED) is 0.166. The van der Waals surface area contributed by atoms with Crippen molar-refractivity contribution in [3.63, 3.8) is 0 Å². The number of hydrogen-bond donors (Lipinski definition) is 0. The highest BCUT2D eigenvalue weighted by molar-refractivity contribution is 5.91. The molecule has 0 aromatic heterocycles. The highest BCUT2D eigenvalue weighted by atomic mass is 16.5. The van der Waals surface area contributed by atoms with Crippen molar-refractivity contribution in [3.8, 4) is 11.8 Å². The average Bonchev–Trinajstić information content (AvgIpc) is 3.11. The van der Waals surface area contributed by atoms with Crippen LogP contribution in [0, 0.1) is 29.6 Å². The van der Waals surface area contributed by atoms with Crippen molar-refractivity contribution in [2.45, 2.75) is 71.6 Å². The van der Waals surface area contributed by atoms with Crippen molar-refractivity contribution < 1.29 is 14.3 Å². The third kappa shape index (κ3) is 9.04. The van der Waals surface area contributed by atoms with Crippen LogP contribution < -0.4 is 0 Å². The van der Waals surface area contributed by atoms with Crippen LogP contribution in [0.15, 0.2) is 24.3 Å². The first-order valence-electron chi connectivity index (χ1n) is 9.94. The molecule has 0 aliphatic heterocycles. The summed E-state index contributed by atoms with van der Waals surface area (Å²) in [4.78, 5) is 23.3. The third-order valence-electron chi connectivity index (χ3n) is 5.15. The Bertz CT molecular complexity index is 548. The average molecular weight is 359 g/mol. The van der Waals surface area contributed by atoms with Gasteiger partial charge >= 0.3 is 5.97 Å². The van der Waals surface area contributed by atoms with Gasteiger partial charge in [-0.3, -0.25) is 9.59 Å². The van der Waals surface area contributed by atoms with Gasteiger partial charge in [-0.05, 0) is 69.8 Å². The fourth-order valence-electron chi connectivity index (χ4n) is 3.41. The maximum absolute atomic E-state index is 12.3. The number of ether oxygens (including phenoxy) is 1. The number of rotatable bonds is 11. The van der Waals surface area contributed by atoms with E-state index in [0.29, 0.717) is 24.7 Å². The molecular weight excluding hydrogens is 324 g/mol. The molecule has 26 heavy (non-hydrogen) atoms. The number of allylic oxidation sites excluding steroid dienone is 4. The summed E-state index contributed by atoms with van der Waals surface area (Å²) in [6.45, 7) is 3.87. The number of unbranched alkanes of at least 4 members (excludes halogenated alkanes) is 1. The van der Waals surface area contributed by atoms with Crippen LogP contribution in [0.3, 0.4) is 0 Å². The molecule has 0 aromatic carbocycles. The summed E-state index contributed by atoms with van der Waals surface area (Å²) in [5.41, 5.74) is 0. The van der Waals surface area contributed by atoms with Crippen molar-refractivity contribution in [2.75, 3.05) is 7.11 Å². The van der Waals surface area contributed by atoms with E-state index in [1.165, 1.54) is 26.4 Å². The highest BCUT2D eigenvalue weighted by Gasteiger charge is 2.22. The van der Waals surface area contributed by atoms with Crippen LogP contribution in [-0.2, 0) is 14.3 Å². The second-order valence-electron chi connectivity index (χ2n) is 7.11. The molecule has 0 aromatic rings. The van der Waals surface area contributed by atoms with Gasteiger partial charge in [0.25, 0.3) is 0 Å². The van der Waals surface area contributed by atoms with Gasteiger partial charge in [0.05, 0.1) is 7.11 Å². The zero-order valence-electron chi connectivity index (χ0n) is 16.6. The molecule has 1 saturated carbocycles. The molecule has 1 aliphatic carbocycles. The Kier molecular flexibility index (Phi) is 11.4. The SMILES string of the molecule is CC#CCC(CC)C(=O)/C=C/[C@H]1CCC(C/C=C\CCCC(=O)OC)C1. The monoisotopic (exact) mass is 358 g/mol. The Morgan fingerprint density at radius 1 is 1.27 bits per heavy atom. The minimum absolute atomic E-state index is 0.0452. The standard InChI is InChI=1S/C23H34O3/c1-4-6-12-21(5-2)22(24)17-16-20-15-14-19(18-20)11-9-7-8-10-13-23(25)26-3/h7,9,16-17,19-21H,5,8,10-15,18H2,1-3H3/b9-7-,17-16+/t19?,20-,21?/m1/s1. The predicted molar refractivity (Wildman–Crippen MR) is 106 cm³/mol. The number of carbonyl (C=O) groups is 2. The molecule has 3 heteroatoms. The smallest absolute Gasteiger partial charge is 0.305 e. The Hall–Kier alpha value is -1.82. The molecular formula is C23H34O3. The van der Waals surface area contributed by atoms with Gasteiger partial charge in [0.1, 0.15) is 0 Å². The van der Waals surface area contributed by atoms with E-state index in [1.54, 1.807) is 6.08 Å². The van der Waals surface area contributed by atoms with Crippen molar-refractivity contribution in [3.05, 3.63) is 24.3 Å². The lowest BCUT2D eigenvalue weighted by molar-refractivity contribution is -0.140. The molecule has 0 saturated heterocycles. The summed E-state index contributed by atoms with van der Waals surface area (Å²) in [6.07, 6.45) is 16.8. The second-order valence-corrected chi connectivity index (χ2v) is 7.11. The Labute approximate surface area is 159 Å². The third-order valence-corrected chi connectivity index (χ3v) is 5.15. The van der Waals surface area contributed by atoms with E-state index in [1.807, 2.05) is 6.92 Å². The van der Waals surface area contributed by atoms with Gasteiger partial charge in [-0.25, -0.2) is 0 Å². The topological polar surface area (TPSA) is 43.4 Å². The maximum atomic E-state index is 12.3. The van der Waals surface area contributed by atoms with Gasteiger partial charge in [0, 0.05) is 18.8 Å². The van der Waals surface area contributed by atoms with Crippen LogP contribution in [0.1, 0.15) is 71.6 Å². The number of hydrogen-bond acceptors (Lipinski definition) is 3. The van der Waals surface area contributed by atoms with Crippen molar-refractivity contribution in [1.82, 2.24) is 0 Å². The number of ketones is 1. The molecule has 3 atom stereocenters. The van der Waals surface area contributed by atoms with Gasteiger partial charge in [-0.2, -0.15) is 0 Å². The first kappa shape index (κ1) is 22.2. The normalized spacial score (nSPS) is 20.9. The second kappa shape index (κ2) is 13.4. The summed E-state index contributed by atoms with van der Waals surface area (Å²) in [5, 5.41) is 0. The summed E-state index contributed by atoms with van der Waals surface area (Å²) in [7, 11) is 1.43. The number of methoxy groups -OCH3 is 1. The van der Waals surface area contributed by atoms with Gasteiger partial charge in [-0.15, -0.1) is 11.8 Å². The van der Waals surface area contributed by atoms with Gasteiger partial charge < -0.3 is 4.74 Å². The van der Waals surface area contributed by atoms with Gasteiger partial charge in [-0.1, -0.05) is 25.2 Å². The molecule has 0 radical (unpaired) electrons. The first-order valence-corrected chi connectivity index (χ1v) is 9.94. The predicted octanol–water partition coefficient (Wildman–Crippen LogP) is 5.26. The zero-order chi connectivity index (χ0) is 19.2. The van der Waals surface area contributed by atoms with Crippen molar-refractivity contribution in [1.29, 1.82) is 0 Å². The largest absolute Gasteiger partial charge is 0.469 e. The molecule has 0 amide bonds. The van der Waals surface area contributed by atoms with Gasteiger partial charge in [0.2, 0.25) is 0 Å². The Balaban J connectivity index is 2.27. The summed E-state index contributed by atoms with van der Waals surface area (Å²) < 4.78 is 4.63. The highest BCUT2D eigenvalue weighted by Crippen LogP contribution is 2.34. The number of esters is 1. The van der Waals surface area contributed by atoms with Crippen LogP contribution in [0.4, 0.5) is 0 Å². The van der Waals surface area contributed by atoms with E-state index in [0.717, 1.165) is 25.7 Å². The van der Waals surface area contributed by atoms with E-state index in [9.17, 15) is 9.59 Å². The lowest BCUT2D eigenvalue weighted by atomic mass is 9.95. The summed E-state index contributed by atoms with van der Waals surface area (Å²) in [6, 6.07) is 0. The van der Waals surface area contributed by atoms with Crippen molar-refractivity contribution >= 4 is 11.8 Å². The Morgan fingerprint density at radius 3 is 2.77 bits per heavy atom. The van der Waals surface area contributed by atoms with E-state index in [2.05, 4.69) is 41.7 Å². The minimum atomic E-state index is -0.134. The van der Waals surface area contributed by atoms with Crippen LogP contribution in [0.25, 0.3) is 0 Å². The maximum Gasteiger partial charge on any atom is 0.305 e. The van der Waals surface area contributed by atoms with Crippen molar-refractivity contribution in [2.24, 2.45) is 17.8 Å². The molecule has 2 unspecified atom stereocenters. The molecule has 3 nitrogen and oxygen atoms in total. The zero-order valence-corrected chi connectivity index (χ0v) is 16.6. The van der Waals surface area contributed by atoms with Crippen LogP contribution in [-0.4, -0.2) is 18.9 Å². The number of carbonyl (C=O) groups excluding carboxylic acids is 2. The van der Waals surface area contributed by atoms with Crippen LogP contribution >= 0.6 is 0 Å². The fourth-order valence-corrected chi connectivity index (χ4v) is 3.41. The molecule has 0 spiro atoms. The van der Waals surface area contributed by atoms with Crippen LogP contribution in [0.2, 0.25) is 0 Å². The lowest BCUT2D eigenvalue weighted by Crippen LogP contribution is -2.10. The molecule has 1 fully saturated rings. The minimum Gasteiger partial charge on any atom is -0.469 e. The van der Waals surface area contributed by atoms with E-state index in [-0.39, 0.29) is 17.7 Å². The van der Waals surface area contributed by atoms with Crippen LogP contribution in [0.5, 0.6) is 0 Å². The fraction of sp³-hybridized carbons (Fsp3) is 0.652. The molecule has 0 N–H and O–H groups in total. The molecule has 0 bridgehead atoms. The molecule has 1 rings (SSSR count). The van der Waals surface area contributed by atoms with E-state index in [4.69, 9.17) is 0 Å². The Morgan fingerprint density at radius 2 is 2.08 bits per heavy atom. The van der Waals surface area contributed by atoms with E-state index >= 15 is 0 Å². The summed E-state index contributed by atoms with van der Waals surface area (Å²) in [5.74, 6) is 7.28. The molecule has 144 valence electrons. The molecule has 0 heterocycles. The summed E-state index contributed by atoms with van der Waals surface area (Å²) >= 11 is 0. The first-order chi connectivity index (χ1) is 12.6.